The van der Waals surface area contributed by atoms with Crippen molar-refractivity contribution in [3.05, 3.63) is 23.3 Å². The molecule has 96 valence electrons. The average molecular weight is 240 g/mol. The minimum Gasteiger partial charge on any atom is -0.115 e. The van der Waals surface area contributed by atoms with Crippen LogP contribution in [0.1, 0.15) is 64.7 Å². The highest BCUT2D eigenvalue weighted by atomic mass is 14.1. The van der Waals surface area contributed by atoms with Gasteiger partial charge in [0.15, 0.2) is 0 Å². The van der Waals surface area contributed by atoms with Gasteiger partial charge in [-0.05, 0) is 45.4 Å². The third-order valence-electron chi connectivity index (χ3n) is 3.29. The lowest BCUT2D eigenvalue weighted by Crippen LogP contribution is -1.79. The first-order valence-electron chi connectivity index (χ1n) is 7.17. The molecule has 0 heteroatoms. The van der Waals surface area contributed by atoms with E-state index in [0.29, 0.717) is 0 Å². The Labute approximate surface area is 113 Å². The zero-order chi connectivity index (χ0) is 13.1. The van der Waals surface area contributed by atoms with Gasteiger partial charge in [-0.25, -0.2) is 0 Å². The lowest BCUT2D eigenvalue weighted by molar-refractivity contribution is 0.656. The van der Waals surface area contributed by atoms with Gasteiger partial charge in [-0.15, -0.1) is 6.42 Å². The predicted molar refractivity (Wildman–Crippen MR) is 80.0 cm³/mol. The fraction of sp³-hybridized carbons (Fsp3) is 0.556. The van der Waals surface area contributed by atoms with Crippen LogP contribution in [0.25, 0.3) is 0 Å². The molecule has 0 saturated heterocycles. The monoisotopic (exact) mass is 240 g/mol. The first-order chi connectivity index (χ1) is 8.88. The van der Waals surface area contributed by atoms with Crippen LogP contribution in [0.4, 0.5) is 0 Å². The molecule has 1 aliphatic carbocycles. The van der Waals surface area contributed by atoms with E-state index in [2.05, 4.69) is 36.8 Å². The van der Waals surface area contributed by atoms with Crippen LogP contribution in [0.5, 0.6) is 0 Å². The second kappa shape index (κ2) is 9.61. The van der Waals surface area contributed by atoms with Gasteiger partial charge in [0.1, 0.15) is 0 Å². The number of hydrogen-bond donors (Lipinski definition) is 0. The van der Waals surface area contributed by atoms with Crippen LogP contribution in [0.2, 0.25) is 0 Å². The maximum Gasteiger partial charge on any atom is 0.0136 e. The summed E-state index contributed by atoms with van der Waals surface area (Å²) in [5.74, 6) is 9.31. The Morgan fingerprint density at radius 3 is 2.67 bits per heavy atom. The summed E-state index contributed by atoms with van der Waals surface area (Å²) < 4.78 is 0. The molecular formula is C18H24. The van der Waals surface area contributed by atoms with Gasteiger partial charge in [-0.2, -0.15) is 0 Å². The number of allylic oxidation sites excluding steroid dienone is 4. The van der Waals surface area contributed by atoms with Crippen molar-refractivity contribution in [2.24, 2.45) is 0 Å². The van der Waals surface area contributed by atoms with Crippen LogP contribution in [-0.4, -0.2) is 0 Å². The van der Waals surface area contributed by atoms with Crippen molar-refractivity contribution in [2.75, 3.05) is 0 Å². The van der Waals surface area contributed by atoms with Crippen LogP contribution in [0.15, 0.2) is 23.3 Å². The number of rotatable bonds is 6. The normalized spacial score (nSPS) is 14.7. The fourth-order valence-electron chi connectivity index (χ4n) is 2.21. The molecule has 0 aromatic carbocycles. The van der Waals surface area contributed by atoms with Gasteiger partial charge >= 0.3 is 0 Å². The summed E-state index contributed by atoms with van der Waals surface area (Å²) in [6, 6.07) is 0. The van der Waals surface area contributed by atoms with Gasteiger partial charge in [0.25, 0.3) is 0 Å². The third kappa shape index (κ3) is 5.79. The highest BCUT2D eigenvalue weighted by molar-refractivity contribution is 5.44. The van der Waals surface area contributed by atoms with Crippen molar-refractivity contribution in [1.82, 2.24) is 0 Å². The Bertz CT molecular complexity index is 390. The highest BCUT2D eigenvalue weighted by Gasteiger charge is 2.09. The van der Waals surface area contributed by atoms with Crippen LogP contribution in [0.3, 0.4) is 0 Å². The van der Waals surface area contributed by atoms with Crippen molar-refractivity contribution in [3.63, 3.8) is 0 Å². The van der Waals surface area contributed by atoms with Crippen molar-refractivity contribution in [2.45, 2.75) is 64.7 Å². The zero-order valence-electron chi connectivity index (χ0n) is 11.6. The lowest BCUT2D eigenvalue weighted by atomic mass is 10.1. The second-order valence-electron chi connectivity index (χ2n) is 4.78. The molecule has 0 spiro atoms. The van der Waals surface area contributed by atoms with Crippen LogP contribution in [-0.2, 0) is 0 Å². The van der Waals surface area contributed by atoms with E-state index in [1.54, 1.807) is 0 Å². The van der Waals surface area contributed by atoms with E-state index >= 15 is 0 Å². The fourth-order valence-corrected chi connectivity index (χ4v) is 2.21. The van der Waals surface area contributed by atoms with E-state index in [4.69, 9.17) is 6.42 Å². The standard InChI is InChI=1S/C18H24/c1-3-5-6-7-8-9-10-11-12-14-18-16-13-15-17(18)4-2/h2-3,5H,6-11,13,15-16H2,1H3/b5-3+. The first-order valence-corrected chi connectivity index (χ1v) is 7.17. The molecule has 0 fully saturated rings. The molecule has 0 aromatic rings. The maximum absolute atomic E-state index is 5.45. The highest BCUT2D eigenvalue weighted by Crippen LogP contribution is 2.24. The smallest absolute Gasteiger partial charge is 0.0136 e. The minimum atomic E-state index is 1.02. The summed E-state index contributed by atoms with van der Waals surface area (Å²) in [4.78, 5) is 0. The summed E-state index contributed by atoms with van der Waals surface area (Å²) in [6.07, 6.45) is 20.6. The Kier molecular flexibility index (Phi) is 7.83. The zero-order valence-corrected chi connectivity index (χ0v) is 11.6. The van der Waals surface area contributed by atoms with E-state index in [1.807, 2.05) is 0 Å². The van der Waals surface area contributed by atoms with E-state index in [1.165, 1.54) is 44.1 Å². The summed E-state index contributed by atoms with van der Waals surface area (Å²) >= 11 is 0. The van der Waals surface area contributed by atoms with Gasteiger partial charge in [-0.3, -0.25) is 0 Å². The summed E-state index contributed by atoms with van der Waals surface area (Å²) in [5, 5.41) is 0. The third-order valence-corrected chi connectivity index (χ3v) is 3.29. The van der Waals surface area contributed by atoms with Gasteiger partial charge in [0.2, 0.25) is 0 Å². The maximum atomic E-state index is 5.45. The molecule has 0 aliphatic heterocycles. The van der Waals surface area contributed by atoms with E-state index in [-0.39, 0.29) is 0 Å². The molecule has 1 rings (SSSR count). The van der Waals surface area contributed by atoms with E-state index in [9.17, 15) is 0 Å². The first kappa shape index (κ1) is 14.7. The van der Waals surface area contributed by atoms with Gasteiger partial charge in [0, 0.05) is 17.6 Å². The Balaban J connectivity index is 2.10. The van der Waals surface area contributed by atoms with Gasteiger partial charge in [0.05, 0.1) is 0 Å². The number of unbranched alkanes of at least 4 members (excludes halogenated alkanes) is 5. The summed E-state index contributed by atoms with van der Waals surface area (Å²) in [6.45, 7) is 2.08. The molecule has 0 aromatic heterocycles. The Hall–Kier alpha value is -1.40. The average Bonchev–Trinajstić information content (AvgIpc) is 2.84. The number of hydrogen-bond acceptors (Lipinski definition) is 0. The van der Waals surface area contributed by atoms with Crippen LogP contribution in [0, 0.1) is 24.2 Å². The predicted octanol–water partition coefficient (Wildman–Crippen LogP) is 5.02. The van der Waals surface area contributed by atoms with Crippen molar-refractivity contribution in [3.8, 4) is 24.2 Å². The van der Waals surface area contributed by atoms with E-state index < -0.39 is 0 Å². The van der Waals surface area contributed by atoms with Gasteiger partial charge < -0.3 is 0 Å². The molecule has 0 heterocycles. The van der Waals surface area contributed by atoms with Crippen molar-refractivity contribution < 1.29 is 0 Å². The Morgan fingerprint density at radius 2 is 1.89 bits per heavy atom. The van der Waals surface area contributed by atoms with E-state index in [0.717, 1.165) is 24.8 Å². The molecule has 0 bridgehead atoms. The van der Waals surface area contributed by atoms with Crippen LogP contribution < -0.4 is 0 Å². The molecule has 1 aliphatic rings. The number of terminal acetylenes is 1. The SMILES string of the molecule is C#CC1=C(C#CCCCCCC/C=C/C)CCC1. The van der Waals surface area contributed by atoms with Gasteiger partial charge in [-0.1, -0.05) is 42.8 Å². The van der Waals surface area contributed by atoms with Crippen molar-refractivity contribution in [1.29, 1.82) is 0 Å². The van der Waals surface area contributed by atoms with Crippen LogP contribution >= 0.6 is 0 Å². The largest absolute Gasteiger partial charge is 0.115 e. The molecule has 0 nitrogen and oxygen atoms in total. The molecule has 0 saturated carbocycles. The molecule has 0 N–H and O–H groups in total. The molecular weight excluding hydrogens is 216 g/mol. The quantitative estimate of drug-likeness (QED) is 0.347. The summed E-state index contributed by atoms with van der Waals surface area (Å²) in [7, 11) is 0. The Morgan fingerprint density at radius 1 is 1.11 bits per heavy atom. The minimum absolute atomic E-state index is 1.02. The molecule has 0 unspecified atom stereocenters. The molecule has 0 radical (unpaired) electrons. The lowest BCUT2D eigenvalue weighted by Gasteiger charge is -1.95. The molecule has 0 amide bonds. The summed E-state index contributed by atoms with van der Waals surface area (Å²) in [5.41, 5.74) is 2.37. The molecule has 0 atom stereocenters. The topological polar surface area (TPSA) is 0 Å². The second-order valence-corrected chi connectivity index (χ2v) is 4.78. The molecule has 18 heavy (non-hydrogen) atoms. The van der Waals surface area contributed by atoms with Crippen molar-refractivity contribution >= 4 is 0 Å².